The first-order chi connectivity index (χ1) is 6.79. The van der Waals surface area contributed by atoms with E-state index in [1.165, 1.54) is 0 Å². The number of anilines is 1. The molecule has 1 aromatic rings. The third kappa shape index (κ3) is 1.70. The van der Waals surface area contributed by atoms with Gasteiger partial charge in [-0.25, -0.2) is 0 Å². The maximum absolute atomic E-state index is 8.79. The largest absolute Gasteiger partial charge is 0.399 e. The van der Waals surface area contributed by atoms with Crippen LogP contribution in [0.4, 0.5) is 5.69 Å². The SMILES string of the molecule is N#Cc1cc(N)cc(C2CCOC2)c1. The van der Waals surface area contributed by atoms with Gasteiger partial charge < -0.3 is 10.5 Å². The lowest BCUT2D eigenvalue weighted by Crippen LogP contribution is -1.99. The molecule has 1 heterocycles. The molecule has 14 heavy (non-hydrogen) atoms. The van der Waals surface area contributed by atoms with Crippen molar-refractivity contribution in [2.75, 3.05) is 18.9 Å². The molecule has 0 amide bonds. The summed E-state index contributed by atoms with van der Waals surface area (Å²) in [5, 5.41) is 8.79. The number of hydrogen-bond donors (Lipinski definition) is 1. The van der Waals surface area contributed by atoms with Crippen molar-refractivity contribution in [1.82, 2.24) is 0 Å². The quantitative estimate of drug-likeness (QED) is 0.681. The van der Waals surface area contributed by atoms with E-state index in [1.54, 1.807) is 6.07 Å². The Labute approximate surface area is 83.1 Å². The summed E-state index contributed by atoms with van der Waals surface area (Å²) >= 11 is 0. The van der Waals surface area contributed by atoms with E-state index in [1.807, 2.05) is 12.1 Å². The highest BCUT2D eigenvalue weighted by Crippen LogP contribution is 2.27. The monoisotopic (exact) mass is 188 g/mol. The van der Waals surface area contributed by atoms with Crippen LogP contribution in [-0.2, 0) is 4.74 Å². The highest BCUT2D eigenvalue weighted by molar-refractivity contribution is 5.49. The second kappa shape index (κ2) is 3.69. The molecule has 0 aromatic heterocycles. The third-order valence-corrected chi connectivity index (χ3v) is 2.51. The van der Waals surface area contributed by atoms with Crippen molar-refractivity contribution in [3.8, 4) is 6.07 Å². The first-order valence-corrected chi connectivity index (χ1v) is 4.68. The van der Waals surface area contributed by atoms with Crippen molar-refractivity contribution in [3.05, 3.63) is 29.3 Å². The summed E-state index contributed by atoms with van der Waals surface area (Å²) in [4.78, 5) is 0. The first kappa shape index (κ1) is 9.04. The Hall–Kier alpha value is -1.53. The van der Waals surface area contributed by atoms with Crippen LogP contribution in [0.3, 0.4) is 0 Å². The maximum Gasteiger partial charge on any atom is 0.0992 e. The van der Waals surface area contributed by atoms with Crippen LogP contribution in [0.5, 0.6) is 0 Å². The van der Waals surface area contributed by atoms with Crippen molar-refractivity contribution in [3.63, 3.8) is 0 Å². The fourth-order valence-corrected chi connectivity index (χ4v) is 1.77. The third-order valence-electron chi connectivity index (χ3n) is 2.51. The second-order valence-corrected chi connectivity index (χ2v) is 3.56. The van der Waals surface area contributed by atoms with Crippen LogP contribution in [0, 0.1) is 11.3 Å². The minimum atomic E-state index is 0.408. The smallest absolute Gasteiger partial charge is 0.0992 e. The van der Waals surface area contributed by atoms with E-state index >= 15 is 0 Å². The van der Waals surface area contributed by atoms with Gasteiger partial charge >= 0.3 is 0 Å². The molecule has 2 rings (SSSR count). The number of benzene rings is 1. The van der Waals surface area contributed by atoms with Gasteiger partial charge in [0.25, 0.3) is 0 Å². The van der Waals surface area contributed by atoms with Crippen LogP contribution in [0.25, 0.3) is 0 Å². The molecule has 3 nitrogen and oxygen atoms in total. The van der Waals surface area contributed by atoms with Gasteiger partial charge in [0.1, 0.15) is 0 Å². The summed E-state index contributed by atoms with van der Waals surface area (Å²) in [6.45, 7) is 1.55. The molecular formula is C11H12N2O. The number of ether oxygens (including phenoxy) is 1. The molecule has 3 heteroatoms. The van der Waals surface area contributed by atoms with E-state index in [2.05, 4.69) is 6.07 Å². The van der Waals surface area contributed by atoms with Gasteiger partial charge in [-0.2, -0.15) is 5.26 Å². The minimum Gasteiger partial charge on any atom is -0.399 e. The number of nitriles is 1. The number of rotatable bonds is 1. The molecule has 0 radical (unpaired) electrons. The van der Waals surface area contributed by atoms with E-state index in [0.717, 1.165) is 25.2 Å². The van der Waals surface area contributed by atoms with Crippen LogP contribution < -0.4 is 5.73 Å². The van der Waals surface area contributed by atoms with Gasteiger partial charge in [-0.3, -0.25) is 0 Å². The summed E-state index contributed by atoms with van der Waals surface area (Å²) in [6.07, 6.45) is 1.02. The van der Waals surface area contributed by atoms with E-state index < -0.39 is 0 Å². The molecule has 1 unspecified atom stereocenters. The maximum atomic E-state index is 8.79. The van der Waals surface area contributed by atoms with Crippen molar-refractivity contribution >= 4 is 5.69 Å². The average molecular weight is 188 g/mol. The normalized spacial score (nSPS) is 20.6. The summed E-state index contributed by atoms with van der Waals surface area (Å²) in [7, 11) is 0. The standard InChI is InChI=1S/C11H12N2O/c12-6-8-3-10(5-11(13)4-8)9-1-2-14-7-9/h3-5,9H,1-2,7,13H2. The molecule has 1 saturated heterocycles. The van der Waals surface area contributed by atoms with Gasteiger partial charge in [-0.1, -0.05) is 0 Å². The number of nitrogens with two attached hydrogens (primary N) is 1. The lowest BCUT2D eigenvalue weighted by Gasteiger charge is -2.08. The zero-order valence-electron chi connectivity index (χ0n) is 7.86. The minimum absolute atomic E-state index is 0.408. The molecule has 1 aliphatic rings. The highest BCUT2D eigenvalue weighted by atomic mass is 16.5. The molecule has 0 aliphatic carbocycles. The van der Waals surface area contributed by atoms with E-state index in [4.69, 9.17) is 15.7 Å². The van der Waals surface area contributed by atoms with E-state index in [-0.39, 0.29) is 0 Å². The molecule has 1 aliphatic heterocycles. The Kier molecular flexibility index (Phi) is 2.38. The molecule has 0 spiro atoms. The van der Waals surface area contributed by atoms with Crippen molar-refractivity contribution in [2.45, 2.75) is 12.3 Å². The molecule has 1 fully saturated rings. The van der Waals surface area contributed by atoms with Crippen LogP contribution in [0.2, 0.25) is 0 Å². The molecular weight excluding hydrogens is 176 g/mol. The van der Waals surface area contributed by atoms with Crippen LogP contribution in [0.1, 0.15) is 23.5 Å². The Morgan fingerprint density at radius 1 is 1.43 bits per heavy atom. The van der Waals surface area contributed by atoms with Gasteiger partial charge in [0, 0.05) is 18.2 Å². The van der Waals surface area contributed by atoms with Gasteiger partial charge in [-0.05, 0) is 30.2 Å². The fraction of sp³-hybridized carbons (Fsp3) is 0.364. The van der Waals surface area contributed by atoms with Gasteiger partial charge in [0.15, 0.2) is 0 Å². The Morgan fingerprint density at radius 3 is 2.93 bits per heavy atom. The van der Waals surface area contributed by atoms with Crippen LogP contribution in [-0.4, -0.2) is 13.2 Å². The van der Waals surface area contributed by atoms with E-state index in [0.29, 0.717) is 17.2 Å². The molecule has 1 atom stereocenters. The molecule has 0 bridgehead atoms. The summed E-state index contributed by atoms with van der Waals surface area (Å²) in [6, 6.07) is 7.63. The predicted molar refractivity (Wildman–Crippen MR) is 53.7 cm³/mol. The fourth-order valence-electron chi connectivity index (χ4n) is 1.77. The van der Waals surface area contributed by atoms with Crippen LogP contribution >= 0.6 is 0 Å². The second-order valence-electron chi connectivity index (χ2n) is 3.56. The summed E-state index contributed by atoms with van der Waals surface area (Å²) in [5.74, 6) is 0.408. The number of hydrogen-bond acceptors (Lipinski definition) is 3. The van der Waals surface area contributed by atoms with Crippen molar-refractivity contribution < 1.29 is 4.74 Å². The summed E-state index contributed by atoms with van der Waals surface area (Å²) in [5.41, 5.74) is 8.12. The molecule has 1 aromatic carbocycles. The first-order valence-electron chi connectivity index (χ1n) is 4.68. The Bertz CT molecular complexity index is 375. The molecule has 0 saturated carbocycles. The van der Waals surface area contributed by atoms with E-state index in [9.17, 15) is 0 Å². The topological polar surface area (TPSA) is 59.0 Å². The van der Waals surface area contributed by atoms with Crippen LogP contribution in [0.15, 0.2) is 18.2 Å². The van der Waals surface area contributed by atoms with Crippen molar-refractivity contribution in [2.24, 2.45) is 0 Å². The lowest BCUT2D eigenvalue weighted by molar-refractivity contribution is 0.194. The zero-order chi connectivity index (χ0) is 9.97. The van der Waals surface area contributed by atoms with Gasteiger partial charge in [0.2, 0.25) is 0 Å². The predicted octanol–water partition coefficient (Wildman–Crippen LogP) is 1.64. The van der Waals surface area contributed by atoms with Gasteiger partial charge in [-0.15, -0.1) is 0 Å². The Morgan fingerprint density at radius 2 is 2.29 bits per heavy atom. The highest BCUT2D eigenvalue weighted by Gasteiger charge is 2.18. The molecule has 2 N–H and O–H groups in total. The zero-order valence-corrected chi connectivity index (χ0v) is 7.86. The Balaban J connectivity index is 2.33. The van der Waals surface area contributed by atoms with Crippen molar-refractivity contribution in [1.29, 1.82) is 5.26 Å². The van der Waals surface area contributed by atoms with Gasteiger partial charge in [0.05, 0.1) is 18.2 Å². The molecule has 72 valence electrons. The average Bonchev–Trinajstić information content (AvgIpc) is 2.69. The summed E-state index contributed by atoms with van der Waals surface area (Å²) < 4.78 is 5.30. The number of nitrogen functional groups attached to an aromatic ring is 1. The lowest BCUT2D eigenvalue weighted by atomic mass is 9.96. The number of nitrogens with zero attached hydrogens (tertiary/aromatic N) is 1.